The van der Waals surface area contributed by atoms with Gasteiger partial charge in [-0.3, -0.25) is 14.5 Å². The molecule has 2 fully saturated rings. The summed E-state index contributed by atoms with van der Waals surface area (Å²) in [6, 6.07) is 0.184. The van der Waals surface area contributed by atoms with Gasteiger partial charge in [-0.1, -0.05) is 6.42 Å². The van der Waals surface area contributed by atoms with E-state index in [1.165, 1.54) is 0 Å². The van der Waals surface area contributed by atoms with Crippen molar-refractivity contribution >= 4 is 36.6 Å². The van der Waals surface area contributed by atoms with Gasteiger partial charge in [-0.15, -0.1) is 24.8 Å². The van der Waals surface area contributed by atoms with E-state index in [2.05, 4.69) is 4.90 Å². The van der Waals surface area contributed by atoms with Crippen LogP contribution >= 0.6 is 24.8 Å². The lowest BCUT2D eigenvalue weighted by Gasteiger charge is -2.42. The molecule has 0 unspecified atom stereocenters. The Hall–Kier alpha value is -0.560. The van der Waals surface area contributed by atoms with Gasteiger partial charge in [0.05, 0.1) is 5.54 Å². The molecule has 1 aliphatic heterocycles. The van der Waals surface area contributed by atoms with E-state index in [0.717, 1.165) is 19.3 Å². The molecule has 6 nitrogen and oxygen atoms in total. The molecule has 0 radical (unpaired) electrons. The van der Waals surface area contributed by atoms with Crippen molar-refractivity contribution in [2.75, 3.05) is 26.2 Å². The van der Waals surface area contributed by atoms with Gasteiger partial charge in [0, 0.05) is 38.6 Å². The second kappa shape index (κ2) is 9.06. The summed E-state index contributed by atoms with van der Waals surface area (Å²) in [7, 11) is 0. The third kappa shape index (κ3) is 5.21. The molecule has 0 aromatic rings. The average molecular weight is 369 g/mol. The molecule has 0 aromatic carbocycles. The molecule has 8 heteroatoms. The van der Waals surface area contributed by atoms with Gasteiger partial charge >= 0.3 is 0 Å². The maximum atomic E-state index is 12.4. The lowest BCUT2D eigenvalue weighted by Crippen LogP contribution is -2.60. The summed E-state index contributed by atoms with van der Waals surface area (Å²) in [4.78, 5) is 27.8. The Balaban J connectivity index is 0.00000242. The van der Waals surface area contributed by atoms with Crippen LogP contribution in [-0.4, -0.2) is 59.4 Å². The maximum Gasteiger partial charge on any atom is 0.237 e. The van der Waals surface area contributed by atoms with Crippen LogP contribution in [0, 0.1) is 5.92 Å². The average Bonchev–Trinajstić information content (AvgIpc) is 2.84. The Labute approximate surface area is 151 Å². The third-order valence-corrected chi connectivity index (χ3v) is 5.18. The van der Waals surface area contributed by atoms with E-state index in [0.29, 0.717) is 38.5 Å². The molecule has 1 aliphatic carbocycles. The first-order chi connectivity index (χ1) is 9.82. The fraction of sp³-hybridized carbons (Fsp3) is 0.867. The fourth-order valence-electron chi connectivity index (χ4n) is 3.34. The van der Waals surface area contributed by atoms with Gasteiger partial charge in [-0.05, 0) is 32.6 Å². The summed E-state index contributed by atoms with van der Waals surface area (Å²) >= 11 is 0. The van der Waals surface area contributed by atoms with Crippen LogP contribution in [-0.2, 0) is 9.59 Å². The molecule has 2 atom stereocenters. The van der Waals surface area contributed by atoms with Crippen LogP contribution < -0.4 is 11.5 Å². The quantitative estimate of drug-likeness (QED) is 0.765. The van der Waals surface area contributed by atoms with Crippen LogP contribution in [0.3, 0.4) is 0 Å². The Morgan fingerprint density at radius 1 is 1.09 bits per heavy atom. The molecule has 2 aliphatic rings. The normalized spacial score (nSPS) is 25.4. The Morgan fingerprint density at radius 3 is 2.09 bits per heavy atom. The molecule has 136 valence electrons. The second-order valence-electron chi connectivity index (χ2n) is 6.85. The van der Waals surface area contributed by atoms with E-state index < -0.39 is 5.54 Å². The topological polar surface area (TPSA) is 92.7 Å². The van der Waals surface area contributed by atoms with E-state index in [9.17, 15) is 9.59 Å². The number of carbonyl (C=O) groups is 2. The zero-order valence-corrected chi connectivity index (χ0v) is 15.6. The van der Waals surface area contributed by atoms with Crippen molar-refractivity contribution in [3.05, 3.63) is 0 Å². The minimum atomic E-state index is -0.650. The van der Waals surface area contributed by atoms with Gasteiger partial charge < -0.3 is 16.4 Å². The number of halogens is 2. The first kappa shape index (κ1) is 22.4. The predicted molar refractivity (Wildman–Crippen MR) is 95.9 cm³/mol. The van der Waals surface area contributed by atoms with Gasteiger partial charge in [-0.2, -0.15) is 0 Å². The molecule has 2 rings (SSSR count). The van der Waals surface area contributed by atoms with Crippen LogP contribution in [0.4, 0.5) is 0 Å². The second-order valence-corrected chi connectivity index (χ2v) is 6.85. The lowest BCUT2D eigenvalue weighted by atomic mass is 9.98. The Kier molecular flexibility index (Phi) is 8.84. The number of amides is 2. The number of hydrogen-bond donors (Lipinski definition) is 2. The molecule has 4 N–H and O–H groups in total. The van der Waals surface area contributed by atoms with Gasteiger partial charge in [0.2, 0.25) is 11.8 Å². The number of primary amides is 1. The molecule has 1 heterocycles. The van der Waals surface area contributed by atoms with E-state index >= 15 is 0 Å². The number of piperazine rings is 1. The highest BCUT2D eigenvalue weighted by molar-refractivity contribution is 5.85. The third-order valence-electron chi connectivity index (χ3n) is 5.18. The summed E-state index contributed by atoms with van der Waals surface area (Å²) in [6.07, 6.45) is 3.82. The van der Waals surface area contributed by atoms with Crippen LogP contribution in [0.1, 0.15) is 39.5 Å². The van der Waals surface area contributed by atoms with Crippen molar-refractivity contribution in [3.63, 3.8) is 0 Å². The molecule has 2 amide bonds. The minimum absolute atomic E-state index is 0. The smallest absolute Gasteiger partial charge is 0.237 e. The first-order valence-electron chi connectivity index (χ1n) is 7.90. The summed E-state index contributed by atoms with van der Waals surface area (Å²) in [5.74, 6) is 0.227. The van der Waals surface area contributed by atoms with Gasteiger partial charge in [0.1, 0.15) is 0 Å². The largest absolute Gasteiger partial charge is 0.368 e. The van der Waals surface area contributed by atoms with Crippen LogP contribution in [0.2, 0.25) is 0 Å². The minimum Gasteiger partial charge on any atom is -0.368 e. The van der Waals surface area contributed by atoms with Crippen molar-refractivity contribution in [3.8, 4) is 0 Å². The molecule has 1 saturated heterocycles. The summed E-state index contributed by atoms with van der Waals surface area (Å²) < 4.78 is 0. The highest BCUT2D eigenvalue weighted by Gasteiger charge is 2.36. The predicted octanol–water partition coefficient (Wildman–Crippen LogP) is 0.756. The molecule has 23 heavy (non-hydrogen) atoms. The van der Waals surface area contributed by atoms with Crippen LogP contribution in [0.15, 0.2) is 0 Å². The Bertz CT molecular complexity index is 412. The van der Waals surface area contributed by atoms with Crippen molar-refractivity contribution in [1.82, 2.24) is 9.80 Å². The van der Waals surface area contributed by atoms with E-state index in [4.69, 9.17) is 11.5 Å². The van der Waals surface area contributed by atoms with E-state index in [1.807, 2.05) is 18.7 Å². The monoisotopic (exact) mass is 368 g/mol. The van der Waals surface area contributed by atoms with E-state index in [-0.39, 0.29) is 42.7 Å². The summed E-state index contributed by atoms with van der Waals surface area (Å²) in [6.45, 7) is 6.39. The molecule has 0 spiro atoms. The molecule has 1 saturated carbocycles. The number of nitrogens with zero attached hydrogens (tertiary/aromatic N) is 2. The molecular formula is C15H30Cl2N4O2. The highest BCUT2D eigenvalue weighted by Crippen LogP contribution is 2.27. The number of rotatable bonds is 4. The SMILES string of the molecule is CC(C)(C(N)=O)N1CCN(C(=O)C[C@@H]2CCC[C@H]2N)CC1.Cl.Cl. The highest BCUT2D eigenvalue weighted by atomic mass is 35.5. The van der Waals surface area contributed by atoms with Crippen molar-refractivity contribution < 1.29 is 9.59 Å². The van der Waals surface area contributed by atoms with Crippen LogP contribution in [0.25, 0.3) is 0 Å². The van der Waals surface area contributed by atoms with Crippen molar-refractivity contribution in [2.45, 2.75) is 51.1 Å². The molecule has 0 bridgehead atoms. The van der Waals surface area contributed by atoms with Gasteiger partial charge in [0.25, 0.3) is 0 Å². The zero-order chi connectivity index (χ0) is 15.6. The van der Waals surface area contributed by atoms with E-state index in [1.54, 1.807) is 0 Å². The van der Waals surface area contributed by atoms with Gasteiger partial charge in [-0.25, -0.2) is 0 Å². The fourth-order valence-corrected chi connectivity index (χ4v) is 3.34. The number of nitrogens with two attached hydrogens (primary N) is 2. The summed E-state index contributed by atoms with van der Waals surface area (Å²) in [5.41, 5.74) is 10.8. The molecule has 0 aromatic heterocycles. The summed E-state index contributed by atoms with van der Waals surface area (Å²) in [5, 5.41) is 0. The molecular weight excluding hydrogens is 339 g/mol. The lowest BCUT2D eigenvalue weighted by molar-refractivity contribution is -0.137. The zero-order valence-electron chi connectivity index (χ0n) is 14.0. The van der Waals surface area contributed by atoms with Crippen LogP contribution in [0.5, 0.6) is 0 Å². The first-order valence-corrected chi connectivity index (χ1v) is 7.90. The Morgan fingerprint density at radius 2 is 1.65 bits per heavy atom. The maximum absolute atomic E-state index is 12.4. The standard InChI is InChI=1S/C15H28N4O2.2ClH/c1-15(2,14(17)21)19-8-6-18(7-9-19)13(20)10-11-4-3-5-12(11)16;;/h11-12H,3-10,16H2,1-2H3,(H2,17,21);2*1H/t11-,12+;;/m0../s1. The number of carbonyl (C=O) groups excluding carboxylic acids is 2. The van der Waals surface area contributed by atoms with Crippen molar-refractivity contribution in [2.24, 2.45) is 17.4 Å². The van der Waals surface area contributed by atoms with Gasteiger partial charge in [0.15, 0.2) is 0 Å². The van der Waals surface area contributed by atoms with Crippen molar-refractivity contribution in [1.29, 1.82) is 0 Å². The number of hydrogen-bond acceptors (Lipinski definition) is 4.